The fourth-order valence-electron chi connectivity index (χ4n) is 3.18. The highest BCUT2D eigenvalue weighted by molar-refractivity contribution is 5.84. The molecule has 0 radical (unpaired) electrons. The van der Waals surface area contributed by atoms with E-state index in [2.05, 4.69) is 6.92 Å². The van der Waals surface area contributed by atoms with Crippen LogP contribution >= 0.6 is 0 Å². The van der Waals surface area contributed by atoms with Crippen LogP contribution in [-0.2, 0) is 4.79 Å². The van der Waals surface area contributed by atoms with Gasteiger partial charge in [0.15, 0.2) is 0 Å². The van der Waals surface area contributed by atoms with Crippen LogP contribution < -0.4 is 0 Å². The minimum absolute atomic E-state index is 0.461. The summed E-state index contributed by atoms with van der Waals surface area (Å²) in [5.41, 5.74) is 0. The predicted molar refractivity (Wildman–Crippen MR) is 48.9 cm³/mol. The lowest BCUT2D eigenvalue weighted by Gasteiger charge is -2.15. The monoisotopic (exact) mass is 166 g/mol. The lowest BCUT2D eigenvalue weighted by molar-refractivity contribution is -0.121. The number of hydrogen-bond donors (Lipinski definition) is 0. The zero-order valence-corrected chi connectivity index (χ0v) is 7.88. The zero-order valence-electron chi connectivity index (χ0n) is 7.88. The Morgan fingerprint density at radius 2 is 2.25 bits per heavy atom. The smallest absolute Gasteiger partial charge is 0.136 e. The van der Waals surface area contributed by atoms with Crippen molar-refractivity contribution in [2.24, 2.45) is 17.8 Å². The van der Waals surface area contributed by atoms with E-state index in [0.717, 1.165) is 24.7 Å². The average Bonchev–Trinajstić information content (AvgIpc) is 2.56. The van der Waals surface area contributed by atoms with Gasteiger partial charge >= 0.3 is 0 Å². The first kappa shape index (κ1) is 8.28. The molecule has 2 fully saturated rings. The van der Waals surface area contributed by atoms with Crippen LogP contribution in [0.3, 0.4) is 0 Å². The van der Waals surface area contributed by atoms with E-state index in [-0.39, 0.29) is 0 Å². The predicted octanol–water partition coefficient (Wildman–Crippen LogP) is 2.79. The third-order valence-corrected chi connectivity index (χ3v) is 3.71. The molecule has 3 unspecified atom stereocenters. The number of hydrogen-bond acceptors (Lipinski definition) is 1. The number of carbonyl (C=O) groups excluding carboxylic acids is 1. The normalized spacial score (nSPS) is 40.4. The third kappa shape index (κ3) is 1.19. The van der Waals surface area contributed by atoms with Gasteiger partial charge in [-0.15, -0.1) is 0 Å². The summed E-state index contributed by atoms with van der Waals surface area (Å²) in [7, 11) is 0. The van der Waals surface area contributed by atoms with Crippen LogP contribution in [0.2, 0.25) is 0 Å². The topological polar surface area (TPSA) is 17.1 Å². The van der Waals surface area contributed by atoms with Crippen molar-refractivity contribution in [1.29, 1.82) is 0 Å². The molecule has 2 saturated carbocycles. The van der Waals surface area contributed by atoms with Crippen molar-refractivity contribution < 1.29 is 4.79 Å². The summed E-state index contributed by atoms with van der Waals surface area (Å²) in [4.78, 5) is 11.6. The Bertz CT molecular complexity index is 185. The van der Waals surface area contributed by atoms with Crippen LogP contribution in [0.5, 0.6) is 0 Å². The van der Waals surface area contributed by atoms with Gasteiger partial charge < -0.3 is 0 Å². The van der Waals surface area contributed by atoms with Gasteiger partial charge in [-0.25, -0.2) is 0 Å². The van der Waals surface area contributed by atoms with Crippen LogP contribution in [-0.4, -0.2) is 5.78 Å². The van der Waals surface area contributed by atoms with Gasteiger partial charge in [-0.05, 0) is 31.1 Å². The molecular weight excluding hydrogens is 148 g/mol. The Morgan fingerprint density at radius 1 is 1.42 bits per heavy atom. The lowest BCUT2D eigenvalue weighted by atomic mass is 9.88. The first-order chi connectivity index (χ1) is 5.83. The van der Waals surface area contributed by atoms with Crippen molar-refractivity contribution in [3.63, 3.8) is 0 Å². The minimum Gasteiger partial charge on any atom is -0.299 e. The maximum atomic E-state index is 11.6. The van der Waals surface area contributed by atoms with E-state index in [1.54, 1.807) is 0 Å². The van der Waals surface area contributed by atoms with Crippen LogP contribution in [0, 0.1) is 17.8 Å². The number of rotatable bonds is 2. The number of fused-ring (bicyclic) bond motifs is 1. The van der Waals surface area contributed by atoms with Gasteiger partial charge in [0.05, 0.1) is 0 Å². The Balaban J connectivity index is 2.05. The molecule has 0 spiro atoms. The van der Waals surface area contributed by atoms with Crippen LogP contribution in [0.1, 0.15) is 45.4 Å². The van der Waals surface area contributed by atoms with E-state index in [9.17, 15) is 4.79 Å². The summed E-state index contributed by atoms with van der Waals surface area (Å²) in [6, 6.07) is 0. The zero-order chi connectivity index (χ0) is 8.55. The van der Waals surface area contributed by atoms with Crippen molar-refractivity contribution >= 4 is 5.78 Å². The fourth-order valence-corrected chi connectivity index (χ4v) is 3.18. The molecule has 0 bridgehead atoms. The van der Waals surface area contributed by atoms with Crippen molar-refractivity contribution in [1.82, 2.24) is 0 Å². The standard InChI is InChI=1S/C11H18O/c1-2-4-10-9-6-3-5-8(9)7-11(10)12/h8-10H,2-7H2,1H3. The van der Waals surface area contributed by atoms with Crippen molar-refractivity contribution in [3.05, 3.63) is 0 Å². The molecule has 3 atom stereocenters. The summed E-state index contributed by atoms with van der Waals surface area (Å²) >= 11 is 0. The van der Waals surface area contributed by atoms with Crippen LogP contribution in [0.25, 0.3) is 0 Å². The Labute approximate surface area is 74.5 Å². The van der Waals surface area contributed by atoms with E-state index in [4.69, 9.17) is 0 Å². The van der Waals surface area contributed by atoms with Gasteiger partial charge in [0.25, 0.3) is 0 Å². The first-order valence-electron chi connectivity index (χ1n) is 5.35. The Kier molecular flexibility index (Phi) is 2.20. The van der Waals surface area contributed by atoms with E-state index in [0.29, 0.717) is 11.7 Å². The molecule has 0 heterocycles. The van der Waals surface area contributed by atoms with E-state index in [1.165, 1.54) is 25.7 Å². The highest BCUT2D eigenvalue weighted by Gasteiger charge is 2.43. The largest absolute Gasteiger partial charge is 0.299 e. The molecule has 2 rings (SSSR count). The minimum atomic E-state index is 0.461. The van der Waals surface area contributed by atoms with Gasteiger partial charge in [0.2, 0.25) is 0 Å². The van der Waals surface area contributed by atoms with Crippen molar-refractivity contribution in [2.75, 3.05) is 0 Å². The summed E-state index contributed by atoms with van der Waals surface area (Å²) in [6.45, 7) is 2.19. The second-order valence-electron chi connectivity index (χ2n) is 4.42. The molecule has 1 nitrogen and oxygen atoms in total. The molecule has 0 aromatic carbocycles. The molecule has 0 aromatic rings. The maximum Gasteiger partial charge on any atom is 0.136 e. The molecule has 0 aliphatic heterocycles. The summed E-state index contributed by atoms with van der Waals surface area (Å²) < 4.78 is 0. The maximum absolute atomic E-state index is 11.6. The molecule has 2 aliphatic carbocycles. The summed E-state index contributed by atoms with van der Waals surface area (Å²) in [5.74, 6) is 2.61. The van der Waals surface area contributed by atoms with Gasteiger partial charge in [0.1, 0.15) is 5.78 Å². The number of Topliss-reactive ketones (excluding diaryl/α,β-unsaturated/α-hetero) is 1. The van der Waals surface area contributed by atoms with Crippen LogP contribution in [0.4, 0.5) is 0 Å². The van der Waals surface area contributed by atoms with Crippen LogP contribution in [0.15, 0.2) is 0 Å². The second-order valence-corrected chi connectivity index (χ2v) is 4.42. The molecule has 0 N–H and O–H groups in total. The average molecular weight is 166 g/mol. The fraction of sp³-hybridized carbons (Fsp3) is 0.909. The number of ketones is 1. The van der Waals surface area contributed by atoms with Gasteiger partial charge in [-0.3, -0.25) is 4.79 Å². The molecule has 1 heteroatoms. The molecular formula is C11H18O. The quantitative estimate of drug-likeness (QED) is 0.616. The highest BCUT2D eigenvalue weighted by Crippen LogP contribution is 2.47. The second kappa shape index (κ2) is 3.20. The van der Waals surface area contributed by atoms with Crippen molar-refractivity contribution in [3.8, 4) is 0 Å². The van der Waals surface area contributed by atoms with E-state index in [1.807, 2.05) is 0 Å². The third-order valence-electron chi connectivity index (χ3n) is 3.71. The number of carbonyl (C=O) groups is 1. The molecule has 68 valence electrons. The molecule has 12 heavy (non-hydrogen) atoms. The first-order valence-corrected chi connectivity index (χ1v) is 5.35. The Morgan fingerprint density at radius 3 is 3.00 bits per heavy atom. The molecule has 0 amide bonds. The molecule has 2 aliphatic rings. The molecule has 0 aromatic heterocycles. The highest BCUT2D eigenvalue weighted by atomic mass is 16.1. The van der Waals surface area contributed by atoms with Crippen molar-refractivity contribution in [2.45, 2.75) is 45.4 Å². The lowest BCUT2D eigenvalue weighted by Crippen LogP contribution is -2.14. The van der Waals surface area contributed by atoms with Gasteiger partial charge in [0, 0.05) is 12.3 Å². The summed E-state index contributed by atoms with van der Waals surface area (Å²) in [6.07, 6.45) is 7.29. The van der Waals surface area contributed by atoms with E-state index < -0.39 is 0 Å². The Hall–Kier alpha value is -0.330. The van der Waals surface area contributed by atoms with Gasteiger partial charge in [-0.1, -0.05) is 19.8 Å². The molecule has 0 saturated heterocycles. The van der Waals surface area contributed by atoms with Gasteiger partial charge in [-0.2, -0.15) is 0 Å². The van der Waals surface area contributed by atoms with E-state index >= 15 is 0 Å². The SMILES string of the molecule is CCCC1C(=O)CC2CCCC21. The summed E-state index contributed by atoms with van der Waals surface area (Å²) in [5, 5.41) is 0.